The van der Waals surface area contributed by atoms with E-state index in [1.807, 2.05) is 6.20 Å². The molecule has 2 aromatic rings. The van der Waals surface area contributed by atoms with Gasteiger partial charge in [-0.15, -0.1) is 0 Å². The Bertz CT molecular complexity index is 555. The van der Waals surface area contributed by atoms with Crippen LogP contribution in [-0.2, 0) is 6.54 Å². The number of aryl methyl sites for hydroxylation is 1. The second-order valence-corrected chi connectivity index (χ2v) is 5.46. The lowest BCUT2D eigenvalue weighted by Crippen LogP contribution is -1.98. The van der Waals surface area contributed by atoms with Gasteiger partial charge < -0.3 is 14.8 Å². The Morgan fingerprint density at radius 2 is 1.95 bits per heavy atom. The van der Waals surface area contributed by atoms with Gasteiger partial charge in [0.25, 0.3) is 0 Å². The maximum Gasteiger partial charge on any atom is 0.0782 e. The number of aliphatic hydroxyl groups excluding tert-OH is 2. The van der Waals surface area contributed by atoms with Crippen molar-refractivity contribution in [2.45, 2.75) is 45.8 Å². The van der Waals surface area contributed by atoms with Gasteiger partial charge >= 0.3 is 0 Å². The van der Waals surface area contributed by atoms with Crippen molar-refractivity contribution in [2.24, 2.45) is 0 Å². The summed E-state index contributed by atoms with van der Waals surface area (Å²) < 4.78 is 2.12. The summed E-state index contributed by atoms with van der Waals surface area (Å²) in [4.78, 5) is 0. The predicted molar refractivity (Wildman–Crippen MR) is 78.4 cm³/mol. The Morgan fingerprint density at radius 3 is 2.53 bits per heavy atom. The molecule has 1 atom stereocenters. The molecule has 0 bridgehead atoms. The summed E-state index contributed by atoms with van der Waals surface area (Å²) in [5, 5.41) is 20.0. The highest BCUT2D eigenvalue weighted by molar-refractivity contribution is 5.85. The van der Waals surface area contributed by atoms with Crippen molar-refractivity contribution in [2.75, 3.05) is 6.61 Å². The average Bonchev–Trinajstić information content (AvgIpc) is 2.74. The van der Waals surface area contributed by atoms with Crippen LogP contribution in [0.5, 0.6) is 0 Å². The molecule has 2 rings (SSSR count). The molecule has 0 aliphatic heterocycles. The van der Waals surface area contributed by atoms with E-state index in [9.17, 15) is 5.11 Å². The first-order valence-corrected chi connectivity index (χ1v) is 6.96. The van der Waals surface area contributed by atoms with Gasteiger partial charge in [-0.1, -0.05) is 19.9 Å². The Labute approximate surface area is 114 Å². The van der Waals surface area contributed by atoms with Crippen LogP contribution in [0.2, 0.25) is 0 Å². The van der Waals surface area contributed by atoms with Gasteiger partial charge in [0.1, 0.15) is 0 Å². The third-order valence-electron chi connectivity index (χ3n) is 3.61. The minimum absolute atomic E-state index is 0.188. The summed E-state index contributed by atoms with van der Waals surface area (Å²) in [6, 6.07) is 6.44. The number of nitrogens with zero attached hydrogens (tertiary/aromatic N) is 1. The summed E-state index contributed by atoms with van der Waals surface area (Å²) in [6.07, 6.45) is 2.27. The normalized spacial score (nSPS) is 13.4. The molecule has 1 aromatic carbocycles. The molecule has 0 saturated heterocycles. The number of rotatable bonds is 5. The fourth-order valence-electron chi connectivity index (χ4n) is 2.46. The first-order valence-electron chi connectivity index (χ1n) is 6.96. The molecular weight excluding hydrogens is 238 g/mol. The third kappa shape index (κ3) is 2.82. The Morgan fingerprint density at radius 1 is 1.21 bits per heavy atom. The van der Waals surface area contributed by atoms with E-state index in [1.54, 1.807) is 6.92 Å². The van der Waals surface area contributed by atoms with Gasteiger partial charge in [-0.3, -0.25) is 0 Å². The molecule has 3 nitrogen and oxygen atoms in total. The van der Waals surface area contributed by atoms with Crippen LogP contribution in [0.3, 0.4) is 0 Å². The molecule has 0 aliphatic rings. The van der Waals surface area contributed by atoms with Gasteiger partial charge in [0, 0.05) is 35.8 Å². The van der Waals surface area contributed by atoms with E-state index in [0.717, 1.165) is 29.4 Å². The maximum atomic E-state index is 9.93. The van der Waals surface area contributed by atoms with E-state index in [4.69, 9.17) is 5.11 Å². The summed E-state index contributed by atoms with van der Waals surface area (Å²) in [7, 11) is 0. The van der Waals surface area contributed by atoms with Crippen LogP contribution in [0.15, 0.2) is 24.4 Å². The fourth-order valence-corrected chi connectivity index (χ4v) is 2.46. The molecular formula is C16H23NO2. The summed E-state index contributed by atoms with van der Waals surface area (Å²) >= 11 is 0. The molecule has 104 valence electrons. The number of aromatic nitrogens is 1. The van der Waals surface area contributed by atoms with Crippen LogP contribution < -0.4 is 0 Å². The Kier molecular flexibility index (Phi) is 4.27. The van der Waals surface area contributed by atoms with E-state index < -0.39 is 6.10 Å². The molecule has 0 fully saturated rings. The third-order valence-corrected chi connectivity index (χ3v) is 3.61. The Hall–Kier alpha value is -1.32. The molecule has 0 saturated carbocycles. The van der Waals surface area contributed by atoms with E-state index >= 15 is 0 Å². The van der Waals surface area contributed by atoms with Gasteiger partial charge in [-0.25, -0.2) is 0 Å². The predicted octanol–water partition coefficient (Wildman–Crippen LogP) is 3.20. The van der Waals surface area contributed by atoms with Gasteiger partial charge in [-0.2, -0.15) is 0 Å². The van der Waals surface area contributed by atoms with Gasteiger partial charge in [0.2, 0.25) is 0 Å². The van der Waals surface area contributed by atoms with Gasteiger partial charge in [0.05, 0.1) is 6.10 Å². The largest absolute Gasteiger partial charge is 0.396 e. The zero-order valence-corrected chi connectivity index (χ0v) is 11.9. The number of aliphatic hydroxyl groups is 2. The topological polar surface area (TPSA) is 45.4 Å². The van der Waals surface area contributed by atoms with Crippen molar-refractivity contribution in [3.05, 3.63) is 35.5 Å². The molecule has 1 unspecified atom stereocenters. The molecule has 1 aromatic heterocycles. The van der Waals surface area contributed by atoms with Gasteiger partial charge in [-0.05, 0) is 37.0 Å². The standard InChI is InChI=1S/C16H23NO2/c1-11(2)13-5-6-16-14(9-13)15(12(3)19)10-17(16)7-4-8-18/h5-6,9-12,18-19H,4,7-8H2,1-3H3. The number of benzene rings is 1. The smallest absolute Gasteiger partial charge is 0.0782 e. The molecule has 0 radical (unpaired) electrons. The molecule has 3 heteroatoms. The Balaban J connectivity index is 2.54. The minimum atomic E-state index is -0.472. The molecule has 0 spiro atoms. The van der Waals surface area contributed by atoms with Crippen molar-refractivity contribution < 1.29 is 10.2 Å². The van der Waals surface area contributed by atoms with Crippen LogP contribution in [0.1, 0.15) is 50.3 Å². The van der Waals surface area contributed by atoms with Crippen LogP contribution in [-0.4, -0.2) is 21.4 Å². The van der Waals surface area contributed by atoms with Crippen LogP contribution in [0.4, 0.5) is 0 Å². The zero-order chi connectivity index (χ0) is 14.0. The number of hydrogen-bond donors (Lipinski definition) is 2. The van der Waals surface area contributed by atoms with Crippen molar-refractivity contribution in [3.8, 4) is 0 Å². The van der Waals surface area contributed by atoms with E-state index in [2.05, 4.69) is 36.6 Å². The molecule has 0 amide bonds. The molecule has 1 heterocycles. The van der Waals surface area contributed by atoms with Crippen molar-refractivity contribution in [3.63, 3.8) is 0 Å². The van der Waals surface area contributed by atoms with Crippen molar-refractivity contribution in [1.29, 1.82) is 0 Å². The summed E-state index contributed by atoms with van der Waals surface area (Å²) in [5.74, 6) is 0.479. The average molecular weight is 261 g/mol. The SMILES string of the molecule is CC(C)c1ccc2c(c1)c(C(C)O)cn2CCCO. The quantitative estimate of drug-likeness (QED) is 0.868. The lowest BCUT2D eigenvalue weighted by atomic mass is 9.99. The second kappa shape index (κ2) is 5.76. The highest BCUT2D eigenvalue weighted by Crippen LogP contribution is 2.29. The maximum absolute atomic E-state index is 9.93. The lowest BCUT2D eigenvalue weighted by molar-refractivity contribution is 0.200. The van der Waals surface area contributed by atoms with Crippen LogP contribution in [0, 0.1) is 0 Å². The number of fused-ring (bicyclic) bond motifs is 1. The zero-order valence-electron chi connectivity index (χ0n) is 11.9. The highest BCUT2D eigenvalue weighted by Gasteiger charge is 2.13. The number of hydrogen-bond acceptors (Lipinski definition) is 2. The second-order valence-electron chi connectivity index (χ2n) is 5.46. The van der Waals surface area contributed by atoms with Crippen molar-refractivity contribution in [1.82, 2.24) is 4.57 Å². The summed E-state index contributed by atoms with van der Waals surface area (Å²) in [5.41, 5.74) is 3.39. The molecule has 0 aliphatic carbocycles. The van der Waals surface area contributed by atoms with Crippen LogP contribution >= 0.6 is 0 Å². The first kappa shape index (κ1) is 14.1. The lowest BCUT2D eigenvalue weighted by Gasteiger charge is -2.08. The van der Waals surface area contributed by atoms with Crippen molar-refractivity contribution >= 4 is 10.9 Å². The fraction of sp³-hybridized carbons (Fsp3) is 0.500. The highest BCUT2D eigenvalue weighted by atomic mass is 16.3. The molecule has 19 heavy (non-hydrogen) atoms. The van der Waals surface area contributed by atoms with E-state index in [0.29, 0.717) is 5.92 Å². The van der Waals surface area contributed by atoms with E-state index in [1.165, 1.54) is 5.56 Å². The van der Waals surface area contributed by atoms with E-state index in [-0.39, 0.29) is 6.61 Å². The summed E-state index contributed by atoms with van der Waals surface area (Å²) in [6.45, 7) is 7.11. The monoisotopic (exact) mass is 261 g/mol. The minimum Gasteiger partial charge on any atom is -0.396 e. The molecule has 2 N–H and O–H groups in total. The first-order chi connectivity index (χ1) is 9.04. The van der Waals surface area contributed by atoms with Gasteiger partial charge in [0.15, 0.2) is 0 Å². The van der Waals surface area contributed by atoms with Crippen LogP contribution in [0.25, 0.3) is 10.9 Å².